The van der Waals surface area contributed by atoms with E-state index >= 15 is 0 Å². The molecule has 0 bridgehead atoms. The number of nitrogens with zero attached hydrogens (tertiary/aromatic N) is 2. The fraction of sp³-hybridized carbons (Fsp3) is 0.273. The summed E-state index contributed by atoms with van der Waals surface area (Å²) in [5.41, 5.74) is 3.79. The molecule has 4 rings (SSSR count). The van der Waals surface area contributed by atoms with Gasteiger partial charge in [-0.1, -0.05) is 31.2 Å². The third-order valence-electron chi connectivity index (χ3n) is 5.33. The quantitative estimate of drug-likeness (QED) is 0.511. The molecule has 1 atom stereocenters. The first kappa shape index (κ1) is 18.5. The van der Waals surface area contributed by atoms with Crippen LogP contribution >= 0.6 is 11.3 Å². The zero-order chi connectivity index (χ0) is 19.8. The molecule has 6 heteroatoms. The van der Waals surface area contributed by atoms with E-state index in [1.54, 1.807) is 20.5 Å². The maximum absolute atomic E-state index is 13.4. The second-order valence-corrected chi connectivity index (χ2v) is 8.01. The van der Waals surface area contributed by atoms with Crippen LogP contribution in [-0.4, -0.2) is 20.2 Å². The molecule has 144 valence electrons. The number of hydrogen-bond acceptors (Lipinski definition) is 3. The Labute approximate surface area is 166 Å². The summed E-state index contributed by atoms with van der Waals surface area (Å²) in [7, 11) is 0. The van der Waals surface area contributed by atoms with Crippen molar-refractivity contribution in [3.63, 3.8) is 0 Å². The van der Waals surface area contributed by atoms with Crippen LogP contribution in [0.4, 0.5) is 0 Å². The Hall–Kier alpha value is -2.86. The summed E-state index contributed by atoms with van der Waals surface area (Å²) in [4.78, 5) is 24.7. The minimum Gasteiger partial charge on any atom is -0.481 e. The molecule has 0 amide bonds. The van der Waals surface area contributed by atoms with Gasteiger partial charge in [0.2, 0.25) is 0 Å². The normalized spacial score (nSPS) is 12.6. The second kappa shape index (κ2) is 7.28. The molecule has 28 heavy (non-hydrogen) atoms. The number of hydrogen-bond donors (Lipinski definition) is 1. The van der Waals surface area contributed by atoms with E-state index in [2.05, 4.69) is 24.4 Å². The number of fused-ring (bicyclic) bond motifs is 2. The molecule has 5 nitrogen and oxygen atoms in total. The van der Waals surface area contributed by atoms with Gasteiger partial charge in [-0.2, -0.15) is 0 Å². The molecule has 0 radical (unpaired) electrons. The number of aliphatic carboxylic acids is 1. The van der Waals surface area contributed by atoms with Gasteiger partial charge in [-0.15, -0.1) is 11.3 Å². The fourth-order valence-corrected chi connectivity index (χ4v) is 5.02. The first-order chi connectivity index (χ1) is 13.5. The summed E-state index contributed by atoms with van der Waals surface area (Å²) in [6.45, 7) is 4.48. The predicted molar refractivity (Wildman–Crippen MR) is 113 cm³/mol. The van der Waals surface area contributed by atoms with Crippen LogP contribution in [0.25, 0.3) is 21.1 Å². The van der Waals surface area contributed by atoms with Gasteiger partial charge in [-0.3, -0.25) is 13.9 Å². The SMILES string of the molecule is CCC(CC(=O)O)n1c(=O)n(Cc2csc3cccc(C)c23)c2ccccc21. The van der Waals surface area contributed by atoms with Crippen LogP contribution in [0.1, 0.15) is 36.9 Å². The van der Waals surface area contributed by atoms with Gasteiger partial charge < -0.3 is 5.11 Å². The molecule has 0 aliphatic carbocycles. The molecule has 0 spiro atoms. The highest BCUT2D eigenvalue weighted by Gasteiger charge is 2.22. The van der Waals surface area contributed by atoms with E-state index in [0.717, 1.165) is 16.6 Å². The van der Waals surface area contributed by atoms with Gasteiger partial charge in [-0.05, 0) is 48.1 Å². The molecule has 1 unspecified atom stereocenters. The predicted octanol–water partition coefficient (Wildman–Crippen LogP) is 4.80. The number of aryl methyl sites for hydroxylation is 1. The van der Waals surface area contributed by atoms with Gasteiger partial charge in [0.25, 0.3) is 0 Å². The van der Waals surface area contributed by atoms with E-state index < -0.39 is 5.97 Å². The summed E-state index contributed by atoms with van der Waals surface area (Å²) in [5, 5.41) is 12.6. The largest absolute Gasteiger partial charge is 0.481 e. The molecule has 0 fully saturated rings. The average Bonchev–Trinajstić information content (AvgIpc) is 3.21. The van der Waals surface area contributed by atoms with Crippen molar-refractivity contribution in [3.8, 4) is 0 Å². The summed E-state index contributed by atoms with van der Waals surface area (Å²) in [6, 6.07) is 13.5. The summed E-state index contributed by atoms with van der Waals surface area (Å²) in [6.07, 6.45) is 0.519. The van der Waals surface area contributed by atoms with Crippen molar-refractivity contribution in [2.45, 2.75) is 39.3 Å². The Balaban J connectivity index is 1.89. The third kappa shape index (κ3) is 3.03. The van der Waals surface area contributed by atoms with Crippen LogP contribution in [0.2, 0.25) is 0 Å². The molecular weight excluding hydrogens is 372 g/mol. The van der Waals surface area contributed by atoms with E-state index in [1.807, 2.05) is 37.3 Å². The van der Waals surface area contributed by atoms with E-state index in [9.17, 15) is 14.7 Å². The topological polar surface area (TPSA) is 64.2 Å². The van der Waals surface area contributed by atoms with Crippen molar-refractivity contribution >= 4 is 38.4 Å². The Morgan fingerprint density at radius 1 is 1.14 bits per heavy atom. The molecule has 4 aromatic rings. The highest BCUT2D eigenvalue weighted by molar-refractivity contribution is 7.17. The van der Waals surface area contributed by atoms with Crippen molar-refractivity contribution < 1.29 is 9.90 Å². The zero-order valence-electron chi connectivity index (χ0n) is 15.9. The number of benzene rings is 2. The van der Waals surface area contributed by atoms with E-state index in [4.69, 9.17) is 0 Å². The molecule has 0 saturated heterocycles. The van der Waals surface area contributed by atoms with Crippen molar-refractivity contribution in [1.82, 2.24) is 9.13 Å². The first-order valence-corrected chi connectivity index (χ1v) is 10.3. The lowest BCUT2D eigenvalue weighted by atomic mass is 10.1. The van der Waals surface area contributed by atoms with Gasteiger partial charge in [-0.25, -0.2) is 4.79 Å². The highest BCUT2D eigenvalue weighted by atomic mass is 32.1. The number of carboxylic acids is 1. The average molecular weight is 394 g/mol. The number of thiophene rings is 1. The maximum atomic E-state index is 13.4. The standard InChI is InChI=1S/C22H22N2O3S/c1-3-16(11-20(25)26)24-18-9-5-4-8-17(18)23(22(24)27)12-15-13-28-19-10-6-7-14(2)21(15)19/h4-10,13,16H,3,11-12H2,1-2H3,(H,25,26). The van der Waals surface area contributed by atoms with Crippen LogP contribution in [0.3, 0.4) is 0 Å². The van der Waals surface area contributed by atoms with Crippen molar-refractivity contribution in [2.75, 3.05) is 0 Å². The number of carbonyl (C=O) groups is 1. The van der Waals surface area contributed by atoms with E-state index in [0.29, 0.717) is 13.0 Å². The number of carboxylic acid groups (broad SMARTS) is 1. The highest BCUT2D eigenvalue weighted by Crippen LogP contribution is 2.30. The Kier molecular flexibility index (Phi) is 4.81. The summed E-state index contributed by atoms with van der Waals surface area (Å²) >= 11 is 1.68. The first-order valence-electron chi connectivity index (χ1n) is 9.38. The lowest BCUT2D eigenvalue weighted by Crippen LogP contribution is -2.28. The lowest BCUT2D eigenvalue weighted by molar-refractivity contribution is -0.137. The van der Waals surface area contributed by atoms with Crippen molar-refractivity contribution in [2.24, 2.45) is 0 Å². The molecule has 0 aliphatic rings. The van der Waals surface area contributed by atoms with E-state index in [-0.39, 0.29) is 18.2 Å². The van der Waals surface area contributed by atoms with Crippen molar-refractivity contribution in [1.29, 1.82) is 0 Å². The molecule has 0 aliphatic heterocycles. The van der Waals surface area contributed by atoms with Gasteiger partial charge in [0.05, 0.1) is 24.0 Å². The smallest absolute Gasteiger partial charge is 0.329 e. The minimum atomic E-state index is -0.893. The Morgan fingerprint density at radius 2 is 1.89 bits per heavy atom. The lowest BCUT2D eigenvalue weighted by Gasteiger charge is -2.14. The van der Waals surface area contributed by atoms with Crippen LogP contribution in [0.15, 0.2) is 52.6 Å². The molecule has 2 aromatic carbocycles. The monoisotopic (exact) mass is 394 g/mol. The second-order valence-electron chi connectivity index (χ2n) is 7.10. The fourth-order valence-electron chi connectivity index (χ4n) is 3.99. The van der Waals surface area contributed by atoms with Crippen LogP contribution in [0, 0.1) is 6.92 Å². The molecule has 2 aromatic heterocycles. The molecule has 0 saturated carbocycles. The zero-order valence-corrected chi connectivity index (χ0v) is 16.7. The third-order valence-corrected chi connectivity index (χ3v) is 6.32. The molecular formula is C22H22N2O3S. The minimum absolute atomic E-state index is 0.0646. The number of para-hydroxylation sites is 2. The maximum Gasteiger partial charge on any atom is 0.329 e. The van der Waals surface area contributed by atoms with Gasteiger partial charge in [0.15, 0.2) is 0 Å². The van der Waals surface area contributed by atoms with Gasteiger partial charge >= 0.3 is 11.7 Å². The van der Waals surface area contributed by atoms with Gasteiger partial charge in [0.1, 0.15) is 0 Å². The van der Waals surface area contributed by atoms with E-state index in [1.165, 1.54) is 15.6 Å². The number of rotatable bonds is 6. The van der Waals surface area contributed by atoms with Gasteiger partial charge in [0, 0.05) is 16.1 Å². The molecule has 1 N–H and O–H groups in total. The summed E-state index contributed by atoms with van der Waals surface area (Å²) in [5.74, 6) is -0.893. The number of imidazole rings is 1. The van der Waals surface area contributed by atoms with Crippen LogP contribution < -0.4 is 5.69 Å². The Morgan fingerprint density at radius 3 is 2.61 bits per heavy atom. The van der Waals surface area contributed by atoms with Crippen molar-refractivity contribution in [3.05, 3.63) is 69.5 Å². The summed E-state index contributed by atoms with van der Waals surface area (Å²) < 4.78 is 4.64. The van der Waals surface area contributed by atoms with Crippen LogP contribution in [0.5, 0.6) is 0 Å². The number of aromatic nitrogens is 2. The Bertz CT molecular complexity index is 1230. The molecule has 2 heterocycles. The van der Waals surface area contributed by atoms with Crippen LogP contribution in [-0.2, 0) is 11.3 Å².